The number of H-pyrrole nitrogens is 1. The topological polar surface area (TPSA) is 100 Å². The lowest BCUT2D eigenvalue weighted by molar-refractivity contribution is 0.101. The van der Waals surface area contributed by atoms with Gasteiger partial charge in [0.2, 0.25) is 5.95 Å². The predicted molar refractivity (Wildman–Crippen MR) is 99.4 cm³/mol. The monoisotopic (exact) mass is 365 g/mol. The molecule has 138 valence electrons. The molecule has 0 saturated heterocycles. The minimum Gasteiger partial charge on any atom is -0.450 e. The average Bonchev–Trinajstić information content (AvgIpc) is 3.09. The van der Waals surface area contributed by atoms with E-state index in [4.69, 9.17) is 4.74 Å². The van der Waals surface area contributed by atoms with Crippen LogP contribution in [0.1, 0.15) is 28.4 Å². The summed E-state index contributed by atoms with van der Waals surface area (Å²) in [6, 6.07) is 7.56. The van der Waals surface area contributed by atoms with E-state index in [9.17, 15) is 9.59 Å². The number of anilines is 1. The molecule has 0 aliphatic carbocycles. The number of nitrogens with zero attached hydrogens (tertiary/aromatic N) is 3. The quantitative estimate of drug-likeness (QED) is 0.743. The summed E-state index contributed by atoms with van der Waals surface area (Å²) in [7, 11) is 0. The molecular formula is C19H19N5O3. The summed E-state index contributed by atoms with van der Waals surface area (Å²) < 4.78 is 5.06. The molecule has 2 amide bonds. The molecule has 1 aliphatic heterocycles. The summed E-state index contributed by atoms with van der Waals surface area (Å²) in [6.07, 6.45) is 3.47. The van der Waals surface area contributed by atoms with Crippen molar-refractivity contribution in [1.82, 2.24) is 19.9 Å². The van der Waals surface area contributed by atoms with E-state index in [2.05, 4.69) is 20.3 Å². The number of nitrogens with one attached hydrogen (secondary N) is 2. The Morgan fingerprint density at radius 3 is 2.96 bits per heavy atom. The van der Waals surface area contributed by atoms with E-state index in [1.54, 1.807) is 24.2 Å². The number of aromatic nitrogens is 3. The van der Waals surface area contributed by atoms with Crippen LogP contribution in [0.4, 0.5) is 10.7 Å². The van der Waals surface area contributed by atoms with Gasteiger partial charge >= 0.3 is 6.09 Å². The highest BCUT2D eigenvalue weighted by Crippen LogP contribution is 2.23. The Morgan fingerprint density at radius 1 is 1.30 bits per heavy atom. The number of carbonyl (C=O) groups is 2. The van der Waals surface area contributed by atoms with Gasteiger partial charge in [0.15, 0.2) is 0 Å². The van der Waals surface area contributed by atoms with Crippen molar-refractivity contribution in [2.75, 3.05) is 18.5 Å². The highest BCUT2D eigenvalue weighted by Gasteiger charge is 2.25. The third-order valence-electron chi connectivity index (χ3n) is 4.53. The minimum absolute atomic E-state index is 0.275. The van der Waals surface area contributed by atoms with Crippen molar-refractivity contribution in [3.8, 4) is 0 Å². The number of hydrogen-bond acceptors (Lipinski definition) is 5. The van der Waals surface area contributed by atoms with Crippen LogP contribution >= 0.6 is 0 Å². The number of para-hydroxylation sites is 2. The van der Waals surface area contributed by atoms with E-state index in [1.165, 1.54) is 0 Å². The molecule has 3 heterocycles. The number of fused-ring (bicyclic) bond motifs is 2. The maximum absolute atomic E-state index is 12.8. The fraction of sp³-hybridized carbons (Fsp3) is 0.263. The lowest BCUT2D eigenvalue weighted by Crippen LogP contribution is -2.37. The molecular weight excluding hydrogens is 346 g/mol. The Bertz CT molecular complexity index is 981. The van der Waals surface area contributed by atoms with Gasteiger partial charge in [0.25, 0.3) is 5.91 Å². The molecule has 1 aromatic carbocycles. The van der Waals surface area contributed by atoms with E-state index >= 15 is 0 Å². The number of carbonyl (C=O) groups excluding carboxylic acids is 2. The molecule has 0 bridgehead atoms. The van der Waals surface area contributed by atoms with E-state index in [1.807, 2.05) is 24.3 Å². The van der Waals surface area contributed by atoms with Crippen LogP contribution in [-0.2, 0) is 17.7 Å². The zero-order valence-electron chi connectivity index (χ0n) is 14.9. The molecule has 27 heavy (non-hydrogen) atoms. The zero-order chi connectivity index (χ0) is 18.8. The number of hydrogen-bond donors (Lipinski definition) is 2. The summed E-state index contributed by atoms with van der Waals surface area (Å²) in [5.41, 5.74) is 3.89. The van der Waals surface area contributed by atoms with Crippen molar-refractivity contribution in [2.24, 2.45) is 0 Å². The Labute approximate surface area is 155 Å². The first-order chi connectivity index (χ1) is 13.2. The first-order valence-corrected chi connectivity index (χ1v) is 8.79. The van der Waals surface area contributed by atoms with Gasteiger partial charge in [-0.1, -0.05) is 12.1 Å². The fourth-order valence-electron chi connectivity index (χ4n) is 3.25. The molecule has 1 aliphatic rings. The van der Waals surface area contributed by atoms with E-state index in [0.717, 1.165) is 22.2 Å². The number of ether oxygens (including phenoxy) is 1. The van der Waals surface area contributed by atoms with Crippen molar-refractivity contribution in [2.45, 2.75) is 19.9 Å². The first-order valence-electron chi connectivity index (χ1n) is 8.79. The molecule has 2 aromatic heterocycles. The summed E-state index contributed by atoms with van der Waals surface area (Å²) >= 11 is 0. The number of aromatic amines is 1. The second-order valence-corrected chi connectivity index (χ2v) is 6.25. The summed E-state index contributed by atoms with van der Waals surface area (Å²) in [5.74, 6) is 0.116. The van der Waals surface area contributed by atoms with Crippen molar-refractivity contribution in [3.05, 3.63) is 53.3 Å². The van der Waals surface area contributed by atoms with Crippen molar-refractivity contribution < 1.29 is 14.3 Å². The second-order valence-electron chi connectivity index (χ2n) is 6.25. The summed E-state index contributed by atoms with van der Waals surface area (Å²) in [4.78, 5) is 37.9. The summed E-state index contributed by atoms with van der Waals surface area (Å²) in [5, 5.41) is 2.80. The van der Waals surface area contributed by atoms with Gasteiger partial charge < -0.3 is 14.6 Å². The first kappa shape index (κ1) is 17.0. The van der Waals surface area contributed by atoms with Crippen molar-refractivity contribution >= 4 is 29.0 Å². The van der Waals surface area contributed by atoms with Gasteiger partial charge in [0.05, 0.1) is 29.7 Å². The lowest BCUT2D eigenvalue weighted by Gasteiger charge is -2.28. The molecule has 0 fully saturated rings. The highest BCUT2D eigenvalue weighted by molar-refractivity contribution is 6.05. The zero-order valence-corrected chi connectivity index (χ0v) is 14.9. The third kappa shape index (κ3) is 3.33. The molecule has 0 unspecified atom stereocenters. The SMILES string of the molecule is CCOC(=O)N1CCc2c(cncc2C(=O)Nc2nc3ccccc3[nH]2)C1. The fourth-order valence-corrected chi connectivity index (χ4v) is 3.25. The smallest absolute Gasteiger partial charge is 0.410 e. The molecule has 0 saturated carbocycles. The number of amides is 2. The third-order valence-corrected chi connectivity index (χ3v) is 4.53. The van der Waals surface area contributed by atoms with Gasteiger partial charge in [-0.15, -0.1) is 0 Å². The van der Waals surface area contributed by atoms with Gasteiger partial charge in [0.1, 0.15) is 0 Å². The van der Waals surface area contributed by atoms with Gasteiger partial charge in [-0.3, -0.25) is 15.1 Å². The van der Waals surface area contributed by atoms with Gasteiger partial charge in [0, 0.05) is 18.9 Å². The Morgan fingerprint density at radius 2 is 2.15 bits per heavy atom. The normalized spacial score (nSPS) is 13.3. The number of benzene rings is 1. The lowest BCUT2D eigenvalue weighted by atomic mass is 9.97. The highest BCUT2D eigenvalue weighted by atomic mass is 16.6. The van der Waals surface area contributed by atoms with Crippen LogP contribution in [0, 0.1) is 0 Å². The Kier molecular flexibility index (Phi) is 4.45. The standard InChI is InChI=1S/C19H19N5O3/c1-2-27-19(26)24-8-7-13-12(11-24)9-20-10-14(13)17(25)23-18-21-15-5-3-4-6-16(15)22-18/h3-6,9-10H,2,7-8,11H2,1H3,(H2,21,22,23,25). The number of rotatable bonds is 3. The van der Waals surface area contributed by atoms with Crippen LogP contribution in [0.25, 0.3) is 11.0 Å². The summed E-state index contributed by atoms with van der Waals surface area (Å²) in [6.45, 7) is 2.99. The van der Waals surface area contributed by atoms with Gasteiger partial charge in [-0.25, -0.2) is 9.78 Å². The van der Waals surface area contributed by atoms with E-state index < -0.39 is 0 Å². The molecule has 2 N–H and O–H groups in total. The molecule has 8 heteroatoms. The molecule has 3 aromatic rings. The van der Waals surface area contributed by atoms with E-state index in [0.29, 0.717) is 37.6 Å². The van der Waals surface area contributed by atoms with E-state index in [-0.39, 0.29) is 12.0 Å². The van der Waals surface area contributed by atoms with Crippen LogP contribution in [-0.4, -0.2) is 45.0 Å². The van der Waals surface area contributed by atoms with Gasteiger partial charge in [-0.2, -0.15) is 0 Å². The van der Waals surface area contributed by atoms with Crippen LogP contribution in [0.3, 0.4) is 0 Å². The van der Waals surface area contributed by atoms with Crippen LogP contribution in [0.5, 0.6) is 0 Å². The Balaban J connectivity index is 1.55. The average molecular weight is 365 g/mol. The molecule has 4 rings (SSSR count). The maximum atomic E-state index is 12.8. The van der Waals surface area contributed by atoms with Crippen LogP contribution in [0.2, 0.25) is 0 Å². The van der Waals surface area contributed by atoms with Gasteiger partial charge in [-0.05, 0) is 36.6 Å². The number of pyridine rings is 1. The Hall–Kier alpha value is -3.42. The van der Waals surface area contributed by atoms with Crippen molar-refractivity contribution in [1.29, 1.82) is 0 Å². The van der Waals surface area contributed by atoms with Crippen molar-refractivity contribution in [3.63, 3.8) is 0 Å². The van der Waals surface area contributed by atoms with Crippen LogP contribution in [0.15, 0.2) is 36.7 Å². The maximum Gasteiger partial charge on any atom is 0.410 e. The minimum atomic E-state index is -0.347. The predicted octanol–water partition coefficient (Wildman–Crippen LogP) is 2.72. The molecule has 0 radical (unpaired) electrons. The molecule has 0 spiro atoms. The largest absolute Gasteiger partial charge is 0.450 e. The van der Waals surface area contributed by atoms with Crippen LogP contribution < -0.4 is 5.32 Å². The molecule has 0 atom stereocenters. The second kappa shape index (κ2) is 7.06. The number of imidazole rings is 1. The molecule has 8 nitrogen and oxygen atoms in total.